The first kappa shape index (κ1) is 27.9. The Bertz CT molecular complexity index is 1600. The molecule has 0 radical (unpaired) electrons. The molecule has 2 aromatic carbocycles. The van der Waals surface area contributed by atoms with E-state index in [1.165, 1.54) is 5.56 Å². The van der Waals surface area contributed by atoms with Gasteiger partial charge in [0, 0.05) is 73.5 Å². The van der Waals surface area contributed by atoms with E-state index in [9.17, 15) is 10.1 Å². The number of hydrogen-bond acceptors (Lipinski definition) is 6. The quantitative estimate of drug-likeness (QED) is 0.278. The predicted molar refractivity (Wildman–Crippen MR) is 164 cm³/mol. The summed E-state index contributed by atoms with van der Waals surface area (Å²) in [6.45, 7) is 11.5. The molecule has 4 aromatic rings. The number of nitrogens with one attached hydrogen (secondary N) is 2. The number of amides is 1. The molecule has 0 unspecified atom stereocenters. The number of nitrogens with zero attached hydrogens (tertiary/aromatic N) is 4. The SMILES string of the molecule is Cc1c(Nc2c(C#N)cncc2/C=C/c2ccc(CN3CCN(C(=O)OC(C)(C)C)CC3)cc2)ccc2[nH]ccc12. The molecular formula is C33H36N6O2. The normalized spacial score (nSPS) is 14.4. The molecule has 0 bridgehead atoms. The number of anilines is 2. The highest BCUT2D eigenvalue weighted by atomic mass is 16.6. The zero-order valence-electron chi connectivity index (χ0n) is 24.1. The molecule has 8 nitrogen and oxygen atoms in total. The Morgan fingerprint density at radius 1 is 1.07 bits per heavy atom. The van der Waals surface area contributed by atoms with Gasteiger partial charge in [-0.25, -0.2) is 4.79 Å². The average molecular weight is 549 g/mol. The first-order valence-electron chi connectivity index (χ1n) is 13.9. The maximum Gasteiger partial charge on any atom is 0.410 e. The number of aromatic nitrogens is 2. The fourth-order valence-electron chi connectivity index (χ4n) is 4.97. The smallest absolute Gasteiger partial charge is 0.410 e. The summed E-state index contributed by atoms with van der Waals surface area (Å²) in [6, 6.07) is 16.9. The lowest BCUT2D eigenvalue weighted by molar-refractivity contribution is 0.0139. The summed E-state index contributed by atoms with van der Waals surface area (Å²) in [4.78, 5) is 24.0. The molecule has 3 heterocycles. The third-order valence-corrected chi connectivity index (χ3v) is 7.22. The van der Waals surface area contributed by atoms with Crippen molar-refractivity contribution in [2.75, 3.05) is 31.5 Å². The van der Waals surface area contributed by atoms with Crippen molar-refractivity contribution < 1.29 is 9.53 Å². The van der Waals surface area contributed by atoms with Gasteiger partial charge in [-0.15, -0.1) is 0 Å². The number of aryl methyl sites for hydroxylation is 1. The van der Waals surface area contributed by atoms with Gasteiger partial charge in [0.2, 0.25) is 0 Å². The minimum absolute atomic E-state index is 0.237. The van der Waals surface area contributed by atoms with E-state index >= 15 is 0 Å². The first-order valence-corrected chi connectivity index (χ1v) is 13.9. The van der Waals surface area contributed by atoms with Gasteiger partial charge in [-0.2, -0.15) is 5.26 Å². The number of fused-ring (bicyclic) bond motifs is 1. The van der Waals surface area contributed by atoms with Crippen LogP contribution in [0.4, 0.5) is 16.2 Å². The third kappa shape index (κ3) is 6.76. The second-order valence-corrected chi connectivity index (χ2v) is 11.4. The number of ether oxygens (including phenoxy) is 1. The molecular weight excluding hydrogens is 512 g/mol. The lowest BCUT2D eigenvalue weighted by Gasteiger charge is -2.35. The zero-order chi connectivity index (χ0) is 29.0. The van der Waals surface area contributed by atoms with Gasteiger partial charge in [-0.1, -0.05) is 36.4 Å². The maximum absolute atomic E-state index is 12.3. The lowest BCUT2D eigenvalue weighted by atomic mass is 10.1. The summed E-state index contributed by atoms with van der Waals surface area (Å²) in [5, 5.41) is 14.4. The summed E-state index contributed by atoms with van der Waals surface area (Å²) in [6.07, 6.45) is 9.08. The Balaban J connectivity index is 1.24. The minimum Gasteiger partial charge on any atom is -0.444 e. The Labute approximate surface area is 241 Å². The number of rotatable bonds is 6. The van der Waals surface area contributed by atoms with Crippen LogP contribution in [0.5, 0.6) is 0 Å². The first-order chi connectivity index (χ1) is 19.7. The molecule has 5 rings (SSSR count). The summed E-state index contributed by atoms with van der Waals surface area (Å²) in [7, 11) is 0. The monoisotopic (exact) mass is 548 g/mol. The second-order valence-electron chi connectivity index (χ2n) is 11.4. The molecule has 1 saturated heterocycles. The highest BCUT2D eigenvalue weighted by molar-refractivity contribution is 5.90. The Morgan fingerprint density at radius 2 is 1.83 bits per heavy atom. The van der Waals surface area contributed by atoms with Gasteiger partial charge < -0.3 is 19.9 Å². The van der Waals surface area contributed by atoms with Crippen LogP contribution in [0.1, 0.15) is 48.6 Å². The van der Waals surface area contributed by atoms with E-state index in [-0.39, 0.29) is 6.09 Å². The summed E-state index contributed by atoms with van der Waals surface area (Å²) < 4.78 is 5.50. The molecule has 0 spiro atoms. The van der Waals surface area contributed by atoms with Crippen molar-refractivity contribution in [3.63, 3.8) is 0 Å². The van der Waals surface area contributed by atoms with Crippen LogP contribution in [-0.2, 0) is 11.3 Å². The molecule has 1 aliphatic rings. The van der Waals surface area contributed by atoms with Gasteiger partial charge in [-0.05, 0) is 62.6 Å². The molecule has 1 fully saturated rings. The molecule has 41 heavy (non-hydrogen) atoms. The van der Waals surface area contributed by atoms with Crippen molar-refractivity contribution in [3.05, 3.63) is 88.9 Å². The molecule has 1 aliphatic heterocycles. The van der Waals surface area contributed by atoms with Crippen LogP contribution >= 0.6 is 0 Å². The van der Waals surface area contributed by atoms with Gasteiger partial charge in [0.15, 0.2) is 0 Å². The highest BCUT2D eigenvalue weighted by Gasteiger charge is 2.25. The molecule has 0 aliphatic carbocycles. The lowest BCUT2D eigenvalue weighted by Crippen LogP contribution is -2.49. The number of nitriles is 1. The fourth-order valence-corrected chi connectivity index (χ4v) is 4.97. The number of H-pyrrole nitrogens is 1. The Morgan fingerprint density at radius 3 is 2.54 bits per heavy atom. The van der Waals surface area contributed by atoms with Gasteiger partial charge in [0.1, 0.15) is 11.7 Å². The molecule has 0 saturated carbocycles. The van der Waals surface area contributed by atoms with Gasteiger partial charge >= 0.3 is 6.09 Å². The molecule has 8 heteroatoms. The molecule has 210 valence electrons. The van der Waals surface area contributed by atoms with Crippen LogP contribution < -0.4 is 5.32 Å². The van der Waals surface area contributed by atoms with Crippen LogP contribution in [0.25, 0.3) is 23.1 Å². The molecule has 2 aromatic heterocycles. The van der Waals surface area contributed by atoms with Crippen molar-refractivity contribution in [1.82, 2.24) is 19.8 Å². The standard InChI is InChI=1S/C33H36N6O2/c1-23-28-13-14-36-30(28)12-11-29(23)37-31-26(20-35-21-27(31)19-34)10-9-24-5-7-25(8-6-24)22-38-15-17-39(18-16-38)32(40)41-33(2,3)4/h5-14,20-21,36H,15-18,22H2,1-4H3,(H,35,37)/b10-9+. The van der Waals surface area contributed by atoms with Crippen LogP contribution in [0.3, 0.4) is 0 Å². The van der Waals surface area contributed by atoms with Crippen LogP contribution in [0.2, 0.25) is 0 Å². The van der Waals surface area contributed by atoms with Gasteiger partial charge in [-0.3, -0.25) is 9.88 Å². The summed E-state index contributed by atoms with van der Waals surface area (Å²) >= 11 is 0. The van der Waals surface area contributed by atoms with Crippen molar-refractivity contribution in [2.45, 2.75) is 39.8 Å². The van der Waals surface area contributed by atoms with E-state index in [2.05, 4.69) is 63.5 Å². The van der Waals surface area contributed by atoms with E-state index in [1.807, 2.05) is 51.3 Å². The van der Waals surface area contributed by atoms with E-state index in [1.54, 1.807) is 17.3 Å². The number of carbonyl (C=O) groups excluding carboxylic acids is 1. The number of pyridine rings is 1. The fraction of sp³-hybridized carbons (Fsp3) is 0.303. The van der Waals surface area contributed by atoms with Gasteiger partial charge in [0.25, 0.3) is 0 Å². The van der Waals surface area contributed by atoms with Crippen molar-refractivity contribution in [3.8, 4) is 6.07 Å². The molecule has 0 atom stereocenters. The van der Waals surface area contributed by atoms with E-state index < -0.39 is 5.60 Å². The molecule has 1 amide bonds. The van der Waals surface area contributed by atoms with E-state index in [0.717, 1.165) is 58.6 Å². The highest BCUT2D eigenvalue weighted by Crippen LogP contribution is 2.31. The summed E-state index contributed by atoms with van der Waals surface area (Å²) in [5.41, 5.74) is 7.00. The van der Waals surface area contributed by atoms with Crippen molar-refractivity contribution >= 4 is 40.5 Å². The minimum atomic E-state index is -0.478. The number of benzene rings is 2. The topological polar surface area (TPSA) is 97.3 Å². The Hall–Kier alpha value is -4.61. The van der Waals surface area contributed by atoms with Crippen molar-refractivity contribution in [2.24, 2.45) is 0 Å². The van der Waals surface area contributed by atoms with E-state index in [4.69, 9.17) is 4.74 Å². The number of aromatic amines is 1. The summed E-state index contributed by atoms with van der Waals surface area (Å²) in [5.74, 6) is 0. The maximum atomic E-state index is 12.3. The number of piperazine rings is 1. The number of hydrogen-bond donors (Lipinski definition) is 2. The predicted octanol–water partition coefficient (Wildman–Crippen LogP) is 6.71. The number of carbonyl (C=O) groups is 1. The van der Waals surface area contributed by atoms with E-state index in [0.29, 0.717) is 18.7 Å². The van der Waals surface area contributed by atoms with Crippen molar-refractivity contribution in [1.29, 1.82) is 5.26 Å². The zero-order valence-corrected chi connectivity index (χ0v) is 24.1. The largest absolute Gasteiger partial charge is 0.444 e. The van der Waals surface area contributed by atoms with Crippen LogP contribution in [0, 0.1) is 18.3 Å². The molecule has 2 N–H and O–H groups in total. The Kier molecular flexibility index (Phi) is 8.09. The van der Waals surface area contributed by atoms with Crippen LogP contribution in [0.15, 0.2) is 61.1 Å². The van der Waals surface area contributed by atoms with Crippen LogP contribution in [-0.4, -0.2) is 57.6 Å². The second kappa shape index (κ2) is 11.9. The average Bonchev–Trinajstić information content (AvgIpc) is 3.44. The third-order valence-electron chi connectivity index (χ3n) is 7.22. The van der Waals surface area contributed by atoms with Gasteiger partial charge in [0.05, 0.1) is 11.3 Å².